The Balaban J connectivity index is 1.99. The molecule has 0 atom stereocenters. The number of hydrogen-bond acceptors (Lipinski definition) is 4. The highest BCUT2D eigenvalue weighted by Crippen LogP contribution is 2.31. The summed E-state index contributed by atoms with van der Waals surface area (Å²) in [5.41, 5.74) is 2.08. The number of thiocarbonyl (C=S) groups is 1. The average molecular weight is 354 g/mol. The topological polar surface area (TPSA) is 42.0 Å². The van der Waals surface area contributed by atoms with Gasteiger partial charge < -0.3 is 14.4 Å². The van der Waals surface area contributed by atoms with Crippen LogP contribution < -0.4 is 14.4 Å². The zero-order valence-electron chi connectivity index (χ0n) is 14.2. The molecule has 1 heterocycles. The zero-order chi connectivity index (χ0) is 18.0. The van der Waals surface area contributed by atoms with E-state index in [0.717, 1.165) is 11.3 Å². The van der Waals surface area contributed by atoms with Gasteiger partial charge in [-0.2, -0.15) is 0 Å². The number of benzene rings is 2. The summed E-state index contributed by atoms with van der Waals surface area (Å²) in [7, 11) is 4.95. The van der Waals surface area contributed by atoms with Gasteiger partial charge in [0.1, 0.15) is 5.70 Å². The van der Waals surface area contributed by atoms with Crippen LogP contribution in [-0.4, -0.2) is 37.2 Å². The van der Waals surface area contributed by atoms with Gasteiger partial charge in [0.2, 0.25) is 0 Å². The largest absolute Gasteiger partial charge is 0.493 e. The first-order valence-electron chi connectivity index (χ1n) is 7.67. The number of carbonyl (C=O) groups is 1. The van der Waals surface area contributed by atoms with Crippen molar-refractivity contribution < 1.29 is 14.3 Å². The Kier molecular flexibility index (Phi) is 4.72. The standard InChI is InChI=1S/C19H18N2O3S/c1-20-15(11-13-9-10-16(23-2)17(12-13)24-3)18(22)21(19(20)25)14-7-5-4-6-8-14/h4-12H,1-3H3/b15-11-. The van der Waals surface area contributed by atoms with E-state index in [1.807, 2.05) is 42.5 Å². The number of para-hydroxylation sites is 1. The minimum atomic E-state index is -0.159. The van der Waals surface area contributed by atoms with E-state index in [9.17, 15) is 4.79 Å². The van der Waals surface area contributed by atoms with Crippen LogP contribution in [0.25, 0.3) is 6.08 Å². The highest BCUT2D eigenvalue weighted by Gasteiger charge is 2.36. The van der Waals surface area contributed by atoms with Gasteiger partial charge in [-0.15, -0.1) is 0 Å². The van der Waals surface area contributed by atoms with E-state index in [-0.39, 0.29) is 5.91 Å². The first kappa shape index (κ1) is 17.0. The quantitative estimate of drug-likeness (QED) is 0.622. The maximum atomic E-state index is 12.9. The minimum Gasteiger partial charge on any atom is -0.493 e. The van der Waals surface area contributed by atoms with Crippen molar-refractivity contribution in [3.05, 3.63) is 59.8 Å². The molecule has 0 radical (unpaired) electrons. The van der Waals surface area contributed by atoms with Crippen LogP contribution in [0.2, 0.25) is 0 Å². The number of amides is 1. The van der Waals surface area contributed by atoms with Crippen molar-refractivity contribution in [3.63, 3.8) is 0 Å². The number of carbonyl (C=O) groups excluding carboxylic acids is 1. The molecule has 1 aliphatic heterocycles. The maximum Gasteiger partial charge on any atom is 0.281 e. The Morgan fingerprint density at radius 1 is 1.00 bits per heavy atom. The smallest absolute Gasteiger partial charge is 0.281 e. The van der Waals surface area contributed by atoms with Crippen LogP contribution in [0.4, 0.5) is 5.69 Å². The molecule has 0 spiro atoms. The molecule has 0 N–H and O–H groups in total. The van der Waals surface area contributed by atoms with Crippen LogP contribution in [0.1, 0.15) is 5.56 Å². The van der Waals surface area contributed by atoms with Gasteiger partial charge in [0.15, 0.2) is 16.6 Å². The summed E-state index contributed by atoms with van der Waals surface area (Å²) in [6.45, 7) is 0. The van der Waals surface area contributed by atoms with Crippen molar-refractivity contribution in [3.8, 4) is 11.5 Å². The third-order valence-electron chi connectivity index (χ3n) is 3.99. The predicted molar refractivity (Wildman–Crippen MR) is 102 cm³/mol. The molecule has 3 rings (SSSR count). The molecule has 0 aliphatic carbocycles. The molecule has 0 aromatic heterocycles. The van der Waals surface area contributed by atoms with Gasteiger partial charge in [-0.05, 0) is 48.1 Å². The van der Waals surface area contributed by atoms with E-state index in [1.165, 1.54) is 4.90 Å². The molecular weight excluding hydrogens is 336 g/mol. The van der Waals surface area contributed by atoms with Crippen molar-refractivity contribution in [1.29, 1.82) is 0 Å². The monoisotopic (exact) mass is 354 g/mol. The summed E-state index contributed by atoms with van der Waals surface area (Å²) in [4.78, 5) is 16.1. The van der Waals surface area contributed by atoms with Crippen molar-refractivity contribution in [1.82, 2.24) is 4.90 Å². The third-order valence-corrected chi connectivity index (χ3v) is 4.44. The third kappa shape index (κ3) is 3.08. The number of rotatable bonds is 4. The van der Waals surface area contributed by atoms with E-state index in [2.05, 4.69) is 0 Å². The predicted octanol–water partition coefficient (Wildman–Crippen LogP) is 3.31. The molecule has 1 saturated heterocycles. The number of ether oxygens (including phenoxy) is 2. The second-order valence-electron chi connectivity index (χ2n) is 5.46. The van der Waals surface area contributed by atoms with E-state index < -0.39 is 0 Å². The van der Waals surface area contributed by atoms with Crippen LogP contribution in [-0.2, 0) is 4.79 Å². The van der Waals surface area contributed by atoms with E-state index in [4.69, 9.17) is 21.7 Å². The molecule has 6 heteroatoms. The van der Waals surface area contributed by atoms with Crippen molar-refractivity contribution in [2.24, 2.45) is 0 Å². The fraction of sp³-hybridized carbons (Fsp3) is 0.158. The second kappa shape index (κ2) is 6.94. The van der Waals surface area contributed by atoms with Crippen LogP contribution >= 0.6 is 12.2 Å². The number of likely N-dealkylation sites (N-methyl/N-ethyl adjacent to an activating group) is 1. The number of nitrogens with zero attached hydrogens (tertiary/aromatic N) is 2. The molecule has 1 aliphatic rings. The Bertz CT molecular complexity index is 849. The summed E-state index contributed by atoms with van der Waals surface area (Å²) in [6.07, 6.45) is 1.79. The second-order valence-corrected chi connectivity index (χ2v) is 5.83. The lowest BCUT2D eigenvalue weighted by atomic mass is 10.1. The van der Waals surface area contributed by atoms with Crippen molar-refractivity contribution in [2.75, 3.05) is 26.2 Å². The number of hydrogen-bond donors (Lipinski definition) is 0. The van der Waals surface area contributed by atoms with Gasteiger partial charge in [0, 0.05) is 7.05 Å². The molecular formula is C19H18N2O3S. The van der Waals surface area contributed by atoms with E-state index in [1.54, 1.807) is 38.3 Å². The average Bonchev–Trinajstić information content (AvgIpc) is 2.85. The van der Waals surface area contributed by atoms with Crippen LogP contribution in [0.5, 0.6) is 11.5 Å². The molecule has 1 fully saturated rings. The molecule has 25 heavy (non-hydrogen) atoms. The SMILES string of the molecule is COc1ccc(/C=C2/C(=O)N(c3ccccc3)C(=S)N2C)cc1OC. The minimum absolute atomic E-state index is 0.159. The molecule has 0 bridgehead atoms. The van der Waals surface area contributed by atoms with Gasteiger partial charge in [-0.3, -0.25) is 9.69 Å². The molecule has 2 aromatic rings. The maximum absolute atomic E-state index is 12.9. The summed E-state index contributed by atoms with van der Waals surface area (Å²) < 4.78 is 10.6. The first-order chi connectivity index (χ1) is 12.1. The molecule has 2 aromatic carbocycles. The van der Waals surface area contributed by atoms with Crippen LogP contribution in [0.3, 0.4) is 0 Å². The Morgan fingerprint density at radius 2 is 1.68 bits per heavy atom. The fourth-order valence-corrected chi connectivity index (χ4v) is 2.95. The fourth-order valence-electron chi connectivity index (χ4n) is 2.66. The van der Waals surface area contributed by atoms with Gasteiger partial charge >= 0.3 is 0 Å². The molecule has 5 nitrogen and oxygen atoms in total. The van der Waals surface area contributed by atoms with Gasteiger partial charge in [-0.25, -0.2) is 0 Å². The molecule has 128 valence electrons. The first-order valence-corrected chi connectivity index (χ1v) is 8.08. The zero-order valence-corrected chi connectivity index (χ0v) is 15.0. The van der Waals surface area contributed by atoms with Gasteiger partial charge in [0.25, 0.3) is 5.91 Å². The van der Waals surface area contributed by atoms with E-state index >= 15 is 0 Å². The summed E-state index contributed by atoms with van der Waals surface area (Å²) in [5.74, 6) is 1.08. The summed E-state index contributed by atoms with van der Waals surface area (Å²) >= 11 is 5.45. The highest BCUT2D eigenvalue weighted by molar-refractivity contribution is 7.80. The lowest BCUT2D eigenvalue weighted by Gasteiger charge is -2.16. The number of anilines is 1. The Hall–Kier alpha value is -2.86. The Morgan fingerprint density at radius 3 is 2.32 bits per heavy atom. The van der Waals surface area contributed by atoms with Crippen molar-refractivity contribution in [2.45, 2.75) is 0 Å². The molecule has 1 amide bonds. The van der Waals surface area contributed by atoms with E-state index in [0.29, 0.717) is 22.3 Å². The van der Waals surface area contributed by atoms with Crippen LogP contribution in [0.15, 0.2) is 54.2 Å². The summed E-state index contributed by atoms with van der Waals surface area (Å²) in [6, 6.07) is 14.9. The van der Waals surface area contributed by atoms with Gasteiger partial charge in [-0.1, -0.05) is 24.3 Å². The number of methoxy groups -OCH3 is 2. The van der Waals surface area contributed by atoms with Crippen LogP contribution in [0, 0.1) is 0 Å². The normalized spacial score (nSPS) is 15.9. The summed E-state index contributed by atoms with van der Waals surface area (Å²) in [5, 5.41) is 0.447. The molecule has 0 saturated carbocycles. The van der Waals surface area contributed by atoms with Crippen molar-refractivity contribution >= 4 is 35.0 Å². The highest BCUT2D eigenvalue weighted by atomic mass is 32.1. The Labute approximate surface area is 152 Å². The van der Waals surface area contributed by atoms with Gasteiger partial charge in [0.05, 0.1) is 19.9 Å². The lowest BCUT2D eigenvalue weighted by Crippen LogP contribution is -2.30. The molecule has 0 unspecified atom stereocenters. The lowest BCUT2D eigenvalue weighted by molar-refractivity contribution is -0.114.